The van der Waals surface area contributed by atoms with E-state index < -0.39 is 45.0 Å². The highest BCUT2D eigenvalue weighted by atomic mass is 35.5. The number of esters is 1. The number of aliphatic hydroxyl groups excluding tert-OH is 1. The molecule has 8 heteroatoms. The van der Waals surface area contributed by atoms with Crippen LogP contribution in [0.1, 0.15) is 53.4 Å². The molecule has 0 aliphatic heterocycles. The van der Waals surface area contributed by atoms with Crippen molar-refractivity contribution >= 4 is 40.7 Å². The Labute approximate surface area is 197 Å². The minimum absolute atomic E-state index is 0.0875. The fourth-order valence-electron chi connectivity index (χ4n) is 7.80. The summed E-state index contributed by atoms with van der Waals surface area (Å²) in [6.45, 7) is 6.79. The Balaban J connectivity index is 1.88. The summed E-state index contributed by atoms with van der Waals surface area (Å²) in [5.74, 6) is -3.53. The average molecular weight is 487 g/mol. The van der Waals surface area contributed by atoms with E-state index in [1.54, 1.807) is 13.0 Å². The fourth-order valence-corrected chi connectivity index (χ4v) is 8.52. The van der Waals surface area contributed by atoms with Gasteiger partial charge < -0.3 is 9.84 Å². The Hall–Kier alpha value is -1.24. The summed E-state index contributed by atoms with van der Waals surface area (Å²) < 4.78 is 20.7. The van der Waals surface area contributed by atoms with Gasteiger partial charge in [0, 0.05) is 23.7 Å². The number of halogens is 3. The molecule has 5 nitrogen and oxygen atoms in total. The predicted molar refractivity (Wildman–Crippen MR) is 118 cm³/mol. The van der Waals surface area contributed by atoms with Crippen molar-refractivity contribution in [1.29, 1.82) is 0 Å². The highest BCUT2D eigenvalue weighted by Crippen LogP contribution is 2.72. The average Bonchev–Trinajstić information content (AvgIpc) is 2.93. The van der Waals surface area contributed by atoms with E-state index in [4.69, 9.17) is 27.9 Å². The van der Waals surface area contributed by atoms with Crippen LogP contribution in [0.4, 0.5) is 4.39 Å². The standard InChI is InChI=1S/C24H29Cl2FO5/c1-12-9-16-14-5-6-15-20(27)17(29)7-8-21(15,3)23(14,26)18(30)10-22(16,4)24(12,19(31)11-25)32-13(2)28/h7-8,12,14,16,18,30H,5-6,9-11H2,1-4H3/t12?,14-,16-,18?,21-,22-,23-,24-/m0/s1. The summed E-state index contributed by atoms with van der Waals surface area (Å²) in [6.07, 6.45) is 3.12. The minimum atomic E-state index is -1.47. The van der Waals surface area contributed by atoms with Crippen LogP contribution in [-0.4, -0.2) is 45.1 Å². The number of ether oxygens (including phenoxy) is 1. The van der Waals surface area contributed by atoms with Gasteiger partial charge in [-0.1, -0.05) is 26.8 Å². The third-order valence-corrected chi connectivity index (χ3v) is 10.3. The van der Waals surface area contributed by atoms with Gasteiger partial charge in [-0.3, -0.25) is 14.4 Å². The van der Waals surface area contributed by atoms with Crippen molar-refractivity contribution < 1.29 is 28.6 Å². The maximum Gasteiger partial charge on any atom is 0.303 e. The molecule has 0 aromatic rings. The van der Waals surface area contributed by atoms with E-state index in [2.05, 4.69) is 0 Å². The van der Waals surface area contributed by atoms with Gasteiger partial charge >= 0.3 is 5.97 Å². The molecule has 176 valence electrons. The van der Waals surface area contributed by atoms with Crippen molar-refractivity contribution in [2.24, 2.45) is 28.6 Å². The molecule has 3 fully saturated rings. The highest BCUT2D eigenvalue weighted by molar-refractivity contribution is 6.29. The quantitative estimate of drug-likeness (QED) is 0.475. The molecule has 0 saturated heterocycles. The second-order valence-corrected chi connectivity index (χ2v) is 11.3. The van der Waals surface area contributed by atoms with Gasteiger partial charge in [-0.15, -0.1) is 23.2 Å². The molecule has 4 rings (SSSR count). The summed E-state index contributed by atoms with van der Waals surface area (Å²) in [7, 11) is 0. The monoisotopic (exact) mass is 486 g/mol. The van der Waals surface area contributed by atoms with Crippen LogP contribution in [0.3, 0.4) is 0 Å². The van der Waals surface area contributed by atoms with Gasteiger partial charge in [-0.25, -0.2) is 4.39 Å². The van der Waals surface area contributed by atoms with E-state index in [9.17, 15) is 23.9 Å². The van der Waals surface area contributed by atoms with Crippen molar-refractivity contribution in [3.8, 4) is 0 Å². The zero-order valence-electron chi connectivity index (χ0n) is 18.7. The van der Waals surface area contributed by atoms with Crippen LogP contribution in [-0.2, 0) is 19.1 Å². The molecule has 0 bridgehead atoms. The van der Waals surface area contributed by atoms with Crippen LogP contribution in [0, 0.1) is 28.6 Å². The largest absolute Gasteiger partial charge is 0.450 e. The topological polar surface area (TPSA) is 80.7 Å². The summed E-state index contributed by atoms with van der Waals surface area (Å²) in [5, 5.41) is 11.6. The zero-order chi connectivity index (χ0) is 23.9. The van der Waals surface area contributed by atoms with E-state index in [0.717, 1.165) is 0 Å². The Bertz CT molecular complexity index is 962. The van der Waals surface area contributed by atoms with E-state index in [1.165, 1.54) is 13.0 Å². The van der Waals surface area contributed by atoms with Gasteiger partial charge in [-0.05, 0) is 49.2 Å². The SMILES string of the molecule is CC(=O)O[C@]1(C(=O)CCl)C(C)C[C@H]2[C@@H]3CCC4=C(F)C(=O)C=C[C@]4(C)[C@@]3(Cl)C(O)C[C@@]21C. The number of ketones is 2. The number of alkyl halides is 2. The van der Waals surface area contributed by atoms with Gasteiger partial charge in [0.05, 0.1) is 16.9 Å². The first-order valence-corrected chi connectivity index (χ1v) is 12.0. The first kappa shape index (κ1) is 23.9. The molecule has 0 radical (unpaired) electrons. The molecule has 0 aromatic heterocycles. The van der Waals surface area contributed by atoms with Crippen LogP contribution in [0.5, 0.6) is 0 Å². The smallest absolute Gasteiger partial charge is 0.303 e. The molecule has 0 aromatic carbocycles. The second-order valence-electron chi connectivity index (χ2n) is 10.4. The van der Waals surface area contributed by atoms with Crippen LogP contribution in [0.25, 0.3) is 0 Å². The number of hydrogen-bond donors (Lipinski definition) is 1. The number of allylic oxidation sites excluding steroid dienone is 4. The maximum atomic E-state index is 14.9. The Morgan fingerprint density at radius 2 is 1.97 bits per heavy atom. The number of Topliss-reactive ketones (excluding diaryl/α,β-unsaturated/α-hetero) is 1. The molecule has 0 spiro atoms. The van der Waals surface area contributed by atoms with Gasteiger partial charge in [0.1, 0.15) is 0 Å². The number of rotatable bonds is 3. The first-order chi connectivity index (χ1) is 14.8. The van der Waals surface area contributed by atoms with Gasteiger partial charge in [0.15, 0.2) is 17.2 Å². The summed E-state index contributed by atoms with van der Waals surface area (Å²) >= 11 is 13.3. The number of carbonyl (C=O) groups excluding carboxylic acids is 3. The first-order valence-electron chi connectivity index (χ1n) is 11.1. The van der Waals surface area contributed by atoms with E-state index in [-0.39, 0.29) is 35.8 Å². The lowest BCUT2D eigenvalue weighted by Crippen LogP contribution is -2.69. The molecule has 4 aliphatic carbocycles. The predicted octanol–water partition coefficient (Wildman–Crippen LogP) is 4.28. The lowest BCUT2D eigenvalue weighted by atomic mass is 9.45. The lowest BCUT2D eigenvalue weighted by Gasteiger charge is -2.64. The van der Waals surface area contributed by atoms with Crippen LogP contribution < -0.4 is 0 Å². The zero-order valence-corrected chi connectivity index (χ0v) is 20.2. The Kier molecular flexibility index (Phi) is 5.51. The molecule has 0 amide bonds. The molecule has 3 saturated carbocycles. The van der Waals surface area contributed by atoms with E-state index in [0.29, 0.717) is 24.8 Å². The molecule has 32 heavy (non-hydrogen) atoms. The summed E-state index contributed by atoms with van der Waals surface area (Å²) in [5.41, 5.74) is -3.09. The third-order valence-electron chi connectivity index (χ3n) is 9.11. The maximum absolute atomic E-state index is 14.9. The summed E-state index contributed by atoms with van der Waals surface area (Å²) in [4.78, 5) is 36.1. The summed E-state index contributed by atoms with van der Waals surface area (Å²) in [6, 6.07) is 0. The van der Waals surface area contributed by atoms with Crippen molar-refractivity contribution in [3.63, 3.8) is 0 Å². The van der Waals surface area contributed by atoms with Crippen molar-refractivity contribution in [2.45, 2.75) is 70.0 Å². The number of aliphatic hydroxyl groups is 1. The molecule has 4 aliphatic rings. The Morgan fingerprint density at radius 3 is 2.56 bits per heavy atom. The van der Waals surface area contributed by atoms with Gasteiger partial charge in [-0.2, -0.15) is 0 Å². The molecular weight excluding hydrogens is 458 g/mol. The van der Waals surface area contributed by atoms with Crippen LogP contribution in [0.2, 0.25) is 0 Å². The van der Waals surface area contributed by atoms with Crippen molar-refractivity contribution in [1.82, 2.24) is 0 Å². The lowest BCUT2D eigenvalue weighted by molar-refractivity contribution is -0.198. The molecular formula is C24H29Cl2FO5. The fraction of sp³-hybridized carbons (Fsp3) is 0.708. The van der Waals surface area contributed by atoms with Crippen LogP contribution >= 0.6 is 23.2 Å². The number of hydrogen-bond acceptors (Lipinski definition) is 5. The van der Waals surface area contributed by atoms with Crippen molar-refractivity contribution in [2.75, 3.05) is 5.88 Å². The van der Waals surface area contributed by atoms with Crippen LogP contribution in [0.15, 0.2) is 23.6 Å². The molecule has 0 heterocycles. The number of fused-ring (bicyclic) bond motifs is 5. The molecule has 8 atom stereocenters. The second kappa shape index (κ2) is 7.38. The molecule has 2 unspecified atom stereocenters. The third kappa shape index (κ3) is 2.63. The van der Waals surface area contributed by atoms with Gasteiger partial charge in [0.25, 0.3) is 0 Å². The Morgan fingerprint density at radius 1 is 1.31 bits per heavy atom. The minimum Gasteiger partial charge on any atom is -0.450 e. The van der Waals surface area contributed by atoms with Gasteiger partial charge in [0.2, 0.25) is 5.78 Å². The number of carbonyl (C=O) groups is 3. The molecule has 1 N–H and O–H groups in total. The van der Waals surface area contributed by atoms with Crippen molar-refractivity contribution in [3.05, 3.63) is 23.6 Å². The van der Waals surface area contributed by atoms with E-state index in [1.807, 2.05) is 13.8 Å². The van der Waals surface area contributed by atoms with E-state index >= 15 is 0 Å². The highest BCUT2D eigenvalue weighted by Gasteiger charge is 2.76. The normalized spacial score (nSPS) is 47.6.